The first-order valence-electron chi connectivity index (χ1n) is 5.54. The lowest BCUT2D eigenvalue weighted by Crippen LogP contribution is -2.11. The molecule has 19 heavy (non-hydrogen) atoms. The highest BCUT2D eigenvalue weighted by molar-refractivity contribution is 9.10. The van der Waals surface area contributed by atoms with Crippen LogP contribution in [0, 0.1) is 5.82 Å². The summed E-state index contributed by atoms with van der Waals surface area (Å²) in [5.74, 6) is -0.336. The zero-order valence-electron chi connectivity index (χ0n) is 9.90. The monoisotopic (exact) mass is 339 g/mol. The molecule has 2 N–H and O–H groups in total. The van der Waals surface area contributed by atoms with Gasteiger partial charge in [0.15, 0.2) is 11.6 Å². The molecule has 2 aromatic carbocycles. The van der Waals surface area contributed by atoms with E-state index in [4.69, 9.17) is 22.7 Å². The highest BCUT2D eigenvalue weighted by Gasteiger charge is 2.13. The first-order valence-corrected chi connectivity index (χ1v) is 6.74. The van der Waals surface area contributed by atoms with E-state index in [1.165, 1.54) is 6.07 Å². The Labute approximate surface area is 124 Å². The second-order valence-electron chi connectivity index (χ2n) is 3.88. The number of thiocarbonyl (C=S) groups is 1. The van der Waals surface area contributed by atoms with E-state index in [1.54, 1.807) is 6.07 Å². The average Bonchev–Trinajstić information content (AvgIpc) is 2.41. The molecule has 0 unspecified atom stereocenters. The minimum atomic E-state index is -0.499. The summed E-state index contributed by atoms with van der Waals surface area (Å²) in [4.78, 5) is 0.139. The fourth-order valence-electron chi connectivity index (χ4n) is 1.57. The molecule has 2 rings (SSSR count). The summed E-state index contributed by atoms with van der Waals surface area (Å²) in [6, 6.07) is 12.7. The molecule has 0 atom stereocenters. The number of benzene rings is 2. The predicted molar refractivity (Wildman–Crippen MR) is 80.8 cm³/mol. The van der Waals surface area contributed by atoms with Crippen LogP contribution in [0.25, 0.3) is 0 Å². The standard InChI is InChI=1S/C14H11BrFNOS/c15-12-10(14(17)19)6-7-11(13(12)16)18-8-9-4-2-1-3-5-9/h1-7H,8H2,(H2,17,19). The Morgan fingerprint density at radius 2 is 1.89 bits per heavy atom. The number of ether oxygens (including phenoxy) is 1. The van der Waals surface area contributed by atoms with Crippen molar-refractivity contribution in [2.45, 2.75) is 6.61 Å². The largest absolute Gasteiger partial charge is 0.486 e. The lowest BCUT2D eigenvalue weighted by molar-refractivity contribution is 0.289. The van der Waals surface area contributed by atoms with Crippen LogP contribution in [0.1, 0.15) is 11.1 Å². The molecule has 0 saturated heterocycles. The molecule has 2 nitrogen and oxygen atoms in total. The molecule has 0 saturated carbocycles. The van der Waals surface area contributed by atoms with Crippen molar-refractivity contribution in [2.24, 2.45) is 5.73 Å². The highest BCUT2D eigenvalue weighted by Crippen LogP contribution is 2.29. The second-order valence-corrected chi connectivity index (χ2v) is 5.11. The van der Waals surface area contributed by atoms with Crippen molar-refractivity contribution in [1.29, 1.82) is 0 Å². The van der Waals surface area contributed by atoms with Crippen molar-refractivity contribution in [3.05, 3.63) is 63.9 Å². The third-order valence-electron chi connectivity index (χ3n) is 2.55. The van der Waals surface area contributed by atoms with Crippen LogP contribution in [-0.2, 0) is 6.61 Å². The molecule has 0 aliphatic heterocycles. The van der Waals surface area contributed by atoms with Crippen LogP contribution in [0.4, 0.5) is 4.39 Å². The molecule has 0 fully saturated rings. The van der Waals surface area contributed by atoms with Gasteiger partial charge in [0.05, 0.1) is 4.47 Å². The highest BCUT2D eigenvalue weighted by atomic mass is 79.9. The maximum atomic E-state index is 14.0. The molecule has 0 radical (unpaired) electrons. The fraction of sp³-hybridized carbons (Fsp3) is 0.0714. The summed E-state index contributed by atoms with van der Waals surface area (Å²) in [5.41, 5.74) is 6.92. The van der Waals surface area contributed by atoms with Crippen LogP contribution in [0.3, 0.4) is 0 Å². The van der Waals surface area contributed by atoms with Crippen LogP contribution in [0.5, 0.6) is 5.75 Å². The first-order chi connectivity index (χ1) is 9.09. The molecule has 0 aliphatic rings. The maximum absolute atomic E-state index is 14.0. The average molecular weight is 340 g/mol. The summed E-state index contributed by atoms with van der Waals surface area (Å²) in [6.45, 7) is 0.302. The molecular formula is C14H11BrFNOS. The van der Waals surface area contributed by atoms with Gasteiger partial charge in [0, 0.05) is 5.56 Å². The topological polar surface area (TPSA) is 35.2 Å². The van der Waals surface area contributed by atoms with Gasteiger partial charge in [0.1, 0.15) is 11.6 Å². The zero-order valence-corrected chi connectivity index (χ0v) is 12.3. The number of rotatable bonds is 4. The van der Waals surface area contributed by atoms with Gasteiger partial charge < -0.3 is 10.5 Å². The zero-order chi connectivity index (χ0) is 13.8. The van der Waals surface area contributed by atoms with Crippen LogP contribution in [0.2, 0.25) is 0 Å². The van der Waals surface area contributed by atoms with Gasteiger partial charge in [-0.2, -0.15) is 0 Å². The molecule has 0 heterocycles. The minimum absolute atomic E-state index is 0.139. The van der Waals surface area contributed by atoms with Gasteiger partial charge >= 0.3 is 0 Å². The van der Waals surface area contributed by atoms with Gasteiger partial charge in [-0.1, -0.05) is 42.5 Å². The second kappa shape index (κ2) is 6.12. The molecule has 5 heteroatoms. The van der Waals surface area contributed by atoms with E-state index >= 15 is 0 Å². The van der Waals surface area contributed by atoms with Crippen molar-refractivity contribution in [1.82, 2.24) is 0 Å². The van der Waals surface area contributed by atoms with Gasteiger partial charge in [0.25, 0.3) is 0 Å². The number of nitrogens with two attached hydrogens (primary N) is 1. The van der Waals surface area contributed by atoms with Crippen LogP contribution in [-0.4, -0.2) is 4.99 Å². The van der Waals surface area contributed by atoms with Crippen molar-refractivity contribution in [2.75, 3.05) is 0 Å². The Kier molecular flexibility index (Phi) is 4.50. The molecule has 2 aromatic rings. The van der Waals surface area contributed by atoms with Gasteiger partial charge in [-0.05, 0) is 33.6 Å². The first kappa shape index (κ1) is 14.0. The summed E-state index contributed by atoms with van der Waals surface area (Å²) >= 11 is 7.97. The number of hydrogen-bond donors (Lipinski definition) is 1. The number of hydrogen-bond acceptors (Lipinski definition) is 2. The molecular weight excluding hydrogens is 329 g/mol. The van der Waals surface area contributed by atoms with E-state index in [-0.39, 0.29) is 15.2 Å². The summed E-state index contributed by atoms with van der Waals surface area (Å²) < 4.78 is 19.7. The predicted octanol–water partition coefficient (Wildman–Crippen LogP) is 3.80. The third kappa shape index (κ3) is 3.30. The lowest BCUT2D eigenvalue weighted by Gasteiger charge is -2.10. The molecule has 0 bridgehead atoms. The van der Waals surface area contributed by atoms with E-state index in [2.05, 4.69) is 15.9 Å². The molecule has 0 aliphatic carbocycles. The Balaban J connectivity index is 2.18. The van der Waals surface area contributed by atoms with Crippen molar-refractivity contribution >= 4 is 33.1 Å². The van der Waals surface area contributed by atoms with Crippen molar-refractivity contribution < 1.29 is 9.13 Å². The summed E-state index contributed by atoms with van der Waals surface area (Å²) in [7, 11) is 0. The molecule has 0 spiro atoms. The summed E-state index contributed by atoms with van der Waals surface area (Å²) in [6.07, 6.45) is 0. The molecule has 0 aromatic heterocycles. The molecule has 98 valence electrons. The van der Waals surface area contributed by atoms with Crippen LogP contribution >= 0.6 is 28.1 Å². The SMILES string of the molecule is NC(=S)c1ccc(OCc2ccccc2)c(F)c1Br. The van der Waals surface area contributed by atoms with E-state index in [1.807, 2.05) is 30.3 Å². The molecule has 0 amide bonds. The minimum Gasteiger partial charge on any atom is -0.486 e. The van der Waals surface area contributed by atoms with E-state index in [0.717, 1.165) is 5.56 Å². The van der Waals surface area contributed by atoms with Gasteiger partial charge in [-0.15, -0.1) is 0 Å². The van der Waals surface area contributed by atoms with E-state index in [0.29, 0.717) is 12.2 Å². The Bertz CT molecular complexity index is 604. The van der Waals surface area contributed by atoms with Crippen LogP contribution < -0.4 is 10.5 Å². The van der Waals surface area contributed by atoms with E-state index in [9.17, 15) is 4.39 Å². The van der Waals surface area contributed by atoms with E-state index < -0.39 is 5.82 Å². The summed E-state index contributed by atoms with van der Waals surface area (Å²) in [5, 5.41) is 0. The lowest BCUT2D eigenvalue weighted by atomic mass is 10.2. The Morgan fingerprint density at radius 1 is 1.21 bits per heavy atom. The number of halogens is 2. The maximum Gasteiger partial charge on any atom is 0.179 e. The third-order valence-corrected chi connectivity index (χ3v) is 3.54. The smallest absolute Gasteiger partial charge is 0.179 e. The van der Waals surface area contributed by atoms with Gasteiger partial charge in [0.2, 0.25) is 0 Å². The van der Waals surface area contributed by atoms with Gasteiger partial charge in [-0.3, -0.25) is 0 Å². The normalized spacial score (nSPS) is 10.2. The Morgan fingerprint density at radius 3 is 2.53 bits per heavy atom. The quantitative estimate of drug-likeness (QED) is 0.860. The van der Waals surface area contributed by atoms with Crippen molar-refractivity contribution in [3.8, 4) is 5.75 Å². The van der Waals surface area contributed by atoms with Crippen molar-refractivity contribution in [3.63, 3.8) is 0 Å². The Hall–Kier alpha value is -1.46. The van der Waals surface area contributed by atoms with Gasteiger partial charge in [-0.25, -0.2) is 4.39 Å². The van der Waals surface area contributed by atoms with Crippen LogP contribution in [0.15, 0.2) is 46.9 Å². The fourth-order valence-corrected chi connectivity index (χ4v) is 2.41.